The Balaban J connectivity index is 2.63. The molecule has 0 saturated carbocycles. The van der Waals surface area contributed by atoms with E-state index in [2.05, 4.69) is 12.2 Å². The first kappa shape index (κ1) is 14.5. The van der Waals surface area contributed by atoms with E-state index in [0.29, 0.717) is 12.1 Å². The topological polar surface area (TPSA) is 64.6 Å². The van der Waals surface area contributed by atoms with Gasteiger partial charge in [0.05, 0.1) is 12.3 Å². The molecule has 0 bridgehead atoms. The zero-order valence-corrected chi connectivity index (χ0v) is 11.0. The number of carbonyl (C=O) groups is 2. The molecule has 0 aliphatic carbocycles. The molecule has 1 aliphatic heterocycles. The molecule has 0 aromatic heterocycles. The van der Waals surface area contributed by atoms with Gasteiger partial charge >= 0.3 is 12.1 Å². The van der Waals surface area contributed by atoms with Crippen molar-refractivity contribution in [3.63, 3.8) is 0 Å². The van der Waals surface area contributed by atoms with E-state index in [0.717, 1.165) is 25.7 Å². The van der Waals surface area contributed by atoms with Crippen LogP contribution in [0.15, 0.2) is 11.8 Å². The summed E-state index contributed by atoms with van der Waals surface area (Å²) in [7, 11) is 0. The maximum Gasteiger partial charge on any atom is 0.411 e. The minimum atomic E-state index is -0.480. The molecular weight excluding hydrogens is 234 g/mol. The van der Waals surface area contributed by atoms with Crippen LogP contribution in [0.4, 0.5) is 4.79 Å². The number of carbonyl (C=O) groups excluding carboxylic acids is 2. The normalized spacial score (nSPS) is 22.0. The van der Waals surface area contributed by atoms with Gasteiger partial charge in [0.15, 0.2) is 0 Å². The van der Waals surface area contributed by atoms with Crippen LogP contribution in [0.25, 0.3) is 0 Å². The summed E-state index contributed by atoms with van der Waals surface area (Å²) >= 11 is 0. The predicted octanol–water partition coefficient (Wildman–Crippen LogP) is 2.51. The van der Waals surface area contributed by atoms with Crippen LogP contribution in [0.1, 0.15) is 46.0 Å². The third-order valence-corrected chi connectivity index (χ3v) is 2.69. The number of allylic oxidation sites excluding steroid dienone is 1. The van der Waals surface area contributed by atoms with Crippen molar-refractivity contribution in [2.45, 2.75) is 52.1 Å². The lowest BCUT2D eigenvalue weighted by molar-refractivity contribution is -0.145. The van der Waals surface area contributed by atoms with Crippen molar-refractivity contribution in [1.82, 2.24) is 5.32 Å². The Bertz CT molecular complexity index is 325. The average Bonchev–Trinajstić information content (AvgIpc) is 2.47. The smallest absolute Gasteiger partial charge is 0.411 e. The molecule has 0 spiro atoms. The average molecular weight is 255 g/mol. The van der Waals surface area contributed by atoms with Gasteiger partial charge in [-0.05, 0) is 12.8 Å². The fourth-order valence-electron chi connectivity index (χ4n) is 1.81. The molecule has 0 aromatic rings. The molecule has 1 saturated heterocycles. The van der Waals surface area contributed by atoms with Crippen LogP contribution in [0.5, 0.6) is 0 Å². The van der Waals surface area contributed by atoms with E-state index in [4.69, 9.17) is 9.47 Å². The Kier molecular flexibility index (Phi) is 6.25. The first-order chi connectivity index (χ1) is 8.63. The quantitative estimate of drug-likeness (QED) is 0.605. The lowest BCUT2D eigenvalue weighted by Gasteiger charge is -2.16. The van der Waals surface area contributed by atoms with E-state index in [9.17, 15) is 9.59 Å². The van der Waals surface area contributed by atoms with Crippen molar-refractivity contribution in [2.75, 3.05) is 6.61 Å². The first-order valence-corrected chi connectivity index (χ1v) is 6.44. The Morgan fingerprint density at radius 3 is 3.00 bits per heavy atom. The summed E-state index contributed by atoms with van der Waals surface area (Å²) in [5, 5.41) is 2.63. The molecule has 1 aliphatic rings. The molecular formula is C13H21NO4. The van der Waals surface area contributed by atoms with Crippen LogP contribution in [0.2, 0.25) is 0 Å². The monoisotopic (exact) mass is 255 g/mol. The highest BCUT2D eigenvalue weighted by Gasteiger charge is 2.23. The van der Waals surface area contributed by atoms with Crippen LogP contribution >= 0.6 is 0 Å². The van der Waals surface area contributed by atoms with Crippen LogP contribution in [-0.2, 0) is 14.3 Å². The number of nitrogens with one attached hydrogen (secondary N) is 1. The van der Waals surface area contributed by atoms with E-state index in [1.807, 2.05) is 6.08 Å². The van der Waals surface area contributed by atoms with Crippen molar-refractivity contribution in [1.29, 1.82) is 0 Å². The summed E-state index contributed by atoms with van der Waals surface area (Å²) in [6.45, 7) is 3.76. The Hall–Kier alpha value is -1.52. The maximum atomic E-state index is 11.3. The lowest BCUT2D eigenvalue weighted by Crippen LogP contribution is -2.29. The highest BCUT2D eigenvalue weighted by Crippen LogP contribution is 2.15. The minimum absolute atomic E-state index is 0.260. The van der Waals surface area contributed by atoms with Crippen molar-refractivity contribution in [3.05, 3.63) is 11.8 Å². The SMILES string of the molecule is CCCCC/C=C1/NC(=O)OCC[C@@H]1OC(C)=O. The summed E-state index contributed by atoms with van der Waals surface area (Å²) in [5.41, 5.74) is 0.642. The molecule has 1 N–H and O–H groups in total. The number of alkyl carbamates (subject to hydrolysis) is 1. The second-order valence-corrected chi connectivity index (χ2v) is 4.30. The van der Waals surface area contributed by atoms with E-state index in [1.165, 1.54) is 6.92 Å². The van der Waals surface area contributed by atoms with Gasteiger partial charge in [0.2, 0.25) is 0 Å². The lowest BCUT2D eigenvalue weighted by atomic mass is 10.1. The Morgan fingerprint density at radius 1 is 1.56 bits per heavy atom. The Morgan fingerprint density at radius 2 is 2.33 bits per heavy atom. The van der Waals surface area contributed by atoms with Crippen molar-refractivity contribution in [3.8, 4) is 0 Å². The first-order valence-electron chi connectivity index (χ1n) is 6.44. The number of hydrogen-bond donors (Lipinski definition) is 1. The fraction of sp³-hybridized carbons (Fsp3) is 0.692. The maximum absolute atomic E-state index is 11.3. The van der Waals surface area contributed by atoms with Gasteiger partial charge in [-0.1, -0.05) is 25.8 Å². The van der Waals surface area contributed by atoms with Crippen molar-refractivity contribution < 1.29 is 19.1 Å². The summed E-state index contributed by atoms with van der Waals surface area (Å²) < 4.78 is 10.1. The molecule has 0 radical (unpaired) electrons. The van der Waals surface area contributed by atoms with Crippen molar-refractivity contribution >= 4 is 12.1 Å². The summed E-state index contributed by atoms with van der Waals surface area (Å²) in [5.74, 6) is -0.351. The van der Waals surface area contributed by atoms with Crippen LogP contribution < -0.4 is 5.32 Å². The number of hydrogen-bond acceptors (Lipinski definition) is 4. The number of rotatable bonds is 5. The second-order valence-electron chi connectivity index (χ2n) is 4.30. The van der Waals surface area contributed by atoms with Gasteiger partial charge in [0.1, 0.15) is 6.10 Å². The molecule has 5 nitrogen and oxygen atoms in total. The van der Waals surface area contributed by atoms with Crippen LogP contribution in [0.3, 0.4) is 0 Å². The molecule has 18 heavy (non-hydrogen) atoms. The molecule has 1 heterocycles. The summed E-state index contributed by atoms with van der Waals surface area (Å²) in [6, 6.07) is 0. The zero-order chi connectivity index (χ0) is 13.4. The number of esters is 1. The van der Waals surface area contributed by atoms with Crippen LogP contribution in [-0.4, -0.2) is 24.8 Å². The van der Waals surface area contributed by atoms with Crippen molar-refractivity contribution in [2.24, 2.45) is 0 Å². The van der Waals surface area contributed by atoms with E-state index < -0.39 is 12.2 Å². The van der Waals surface area contributed by atoms with Gasteiger partial charge < -0.3 is 9.47 Å². The molecule has 1 fully saturated rings. The Labute approximate surface area is 108 Å². The van der Waals surface area contributed by atoms with E-state index in [1.54, 1.807) is 0 Å². The molecule has 1 rings (SSSR count). The molecule has 0 unspecified atom stereocenters. The van der Waals surface area contributed by atoms with Gasteiger partial charge in [-0.15, -0.1) is 0 Å². The number of unbranched alkanes of at least 4 members (excludes halogenated alkanes) is 3. The second kappa shape index (κ2) is 7.74. The fourth-order valence-corrected chi connectivity index (χ4v) is 1.81. The van der Waals surface area contributed by atoms with Gasteiger partial charge in [0.25, 0.3) is 0 Å². The number of cyclic esters (lactones) is 1. The van der Waals surface area contributed by atoms with E-state index >= 15 is 0 Å². The standard InChI is InChI=1S/C13H21NO4/c1-3-4-5-6-7-11-12(18-10(2)15)8-9-17-13(16)14-11/h7,12H,3-6,8-9H2,1-2H3,(H,14,16)/b11-7+/t12-/m0/s1. The highest BCUT2D eigenvalue weighted by atomic mass is 16.6. The van der Waals surface area contributed by atoms with E-state index in [-0.39, 0.29) is 12.6 Å². The van der Waals surface area contributed by atoms with Gasteiger partial charge in [-0.3, -0.25) is 10.1 Å². The zero-order valence-electron chi connectivity index (χ0n) is 11.0. The van der Waals surface area contributed by atoms with Gasteiger partial charge in [-0.2, -0.15) is 0 Å². The summed E-state index contributed by atoms with van der Waals surface area (Å²) in [6.07, 6.45) is 5.75. The molecule has 1 amide bonds. The molecule has 102 valence electrons. The number of ether oxygens (including phenoxy) is 2. The van der Waals surface area contributed by atoms with Gasteiger partial charge in [-0.25, -0.2) is 4.79 Å². The minimum Gasteiger partial charge on any atom is -0.456 e. The molecule has 5 heteroatoms. The molecule has 0 aromatic carbocycles. The third kappa shape index (κ3) is 5.21. The number of amides is 1. The molecule has 1 atom stereocenters. The highest BCUT2D eigenvalue weighted by molar-refractivity contribution is 5.71. The van der Waals surface area contributed by atoms with Gasteiger partial charge in [0, 0.05) is 13.3 Å². The largest absolute Gasteiger partial charge is 0.456 e. The van der Waals surface area contributed by atoms with Crippen LogP contribution in [0, 0.1) is 0 Å². The third-order valence-electron chi connectivity index (χ3n) is 2.69. The summed E-state index contributed by atoms with van der Waals surface area (Å²) in [4.78, 5) is 22.3. The predicted molar refractivity (Wildman–Crippen MR) is 66.9 cm³/mol.